The van der Waals surface area contributed by atoms with E-state index in [1.54, 1.807) is 41.2 Å². The number of fused-ring (bicyclic) bond motifs is 1. The monoisotopic (exact) mass is 535 g/mol. The molecule has 9 heteroatoms. The fourth-order valence-electron chi connectivity index (χ4n) is 4.68. The molecule has 0 amide bonds. The lowest BCUT2D eigenvalue weighted by molar-refractivity contribution is -0.384. The number of nitro groups is 1. The fourth-order valence-corrected chi connectivity index (χ4v) is 4.68. The van der Waals surface area contributed by atoms with Gasteiger partial charge in [-0.3, -0.25) is 14.9 Å². The number of benzene rings is 3. The lowest BCUT2D eigenvalue weighted by Crippen LogP contribution is -2.21. The van der Waals surface area contributed by atoms with E-state index in [1.165, 1.54) is 16.8 Å². The van der Waals surface area contributed by atoms with Crippen molar-refractivity contribution >= 4 is 22.8 Å². The Kier molecular flexibility index (Phi) is 7.29. The van der Waals surface area contributed by atoms with Crippen molar-refractivity contribution in [2.75, 3.05) is 6.61 Å². The van der Waals surface area contributed by atoms with Gasteiger partial charge in [-0.15, -0.1) is 0 Å². The number of rotatable bonds is 8. The molecule has 9 nitrogen and oxygen atoms in total. The largest absolute Gasteiger partial charge is 0.494 e. The Morgan fingerprint density at radius 3 is 2.62 bits per heavy atom. The SMILES string of the molecule is CCOc1cc(C)c(-c2nc3ccccc3c(=O)n2N=Cc2cccn2-c2cccc([N+](=O)[O-])c2)cc1C(C)C. The maximum Gasteiger partial charge on any atom is 0.282 e. The Bertz CT molecular complexity index is 1820. The number of nitrogens with zero attached hydrogens (tertiary/aromatic N) is 5. The normalized spacial score (nSPS) is 11.5. The zero-order valence-corrected chi connectivity index (χ0v) is 22.7. The molecular formula is C31H29N5O4. The van der Waals surface area contributed by atoms with Gasteiger partial charge in [-0.25, -0.2) is 4.98 Å². The summed E-state index contributed by atoms with van der Waals surface area (Å²) in [6.07, 6.45) is 3.35. The molecule has 5 rings (SSSR count). The molecule has 0 unspecified atom stereocenters. The summed E-state index contributed by atoms with van der Waals surface area (Å²) in [4.78, 5) is 29.5. The third kappa shape index (κ3) is 5.01. The summed E-state index contributed by atoms with van der Waals surface area (Å²) in [6.45, 7) is 8.65. The first-order chi connectivity index (χ1) is 19.3. The van der Waals surface area contributed by atoms with Crippen LogP contribution in [0.15, 0.2) is 88.9 Å². The molecule has 0 fully saturated rings. The Morgan fingerprint density at radius 2 is 1.88 bits per heavy atom. The minimum Gasteiger partial charge on any atom is -0.494 e. The van der Waals surface area contributed by atoms with Crippen LogP contribution >= 0.6 is 0 Å². The van der Waals surface area contributed by atoms with Crippen LogP contribution in [0.25, 0.3) is 28.0 Å². The highest BCUT2D eigenvalue weighted by atomic mass is 16.6. The average molecular weight is 536 g/mol. The molecule has 0 N–H and O–H groups in total. The Morgan fingerprint density at radius 1 is 1.07 bits per heavy atom. The summed E-state index contributed by atoms with van der Waals surface area (Å²) in [5, 5.41) is 16.4. The van der Waals surface area contributed by atoms with Crippen LogP contribution in [0.5, 0.6) is 5.75 Å². The van der Waals surface area contributed by atoms with Crippen molar-refractivity contribution in [3.63, 3.8) is 0 Å². The summed E-state index contributed by atoms with van der Waals surface area (Å²) in [6, 6.07) is 21.2. The van der Waals surface area contributed by atoms with E-state index < -0.39 is 4.92 Å². The van der Waals surface area contributed by atoms with Gasteiger partial charge in [0.1, 0.15) is 5.75 Å². The van der Waals surface area contributed by atoms with E-state index in [0.29, 0.717) is 34.7 Å². The first kappa shape index (κ1) is 26.6. The molecule has 0 saturated heterocycles. The van der Waals surface area contributed by atoms with Crippen molar-refractivity contribution in [3.8, 4) is 22.8 Å². The maximum atomic E-state index is 13.8. The fraction of sp³-hybridized carbons (Fsp3) is 0.194. The second kappa shape index (κ2) is 11.0. The van der Waals surface area contributed by atoms with E-state index in [4.69, 9.17) is 9.72 Å². The highest BCUT2D eigenvalue weighted by molar-refractivity contribution is 5.82. The van der Waals surface area contributed by atoms with Crippen LogP contribution in [0.1, 0.15) is 43.5 Å². The van der Waals surface area contributed by atoms with Crippen LogP contribution in [0.2, 0.25) is 0 Å². The maximum absolute atomic E-state index is 13.8. The van der Waals surface area contributed by atoms with Gasteiger partial charge in [-0.2, -0.15) is 9.78 Å². The van der Waals surface area contributed by atoms with Gasteiger partial charge in [0, 0.05) is 23.9 Å². The van der Waals surface area contributed by atoms with E-state index in [0.717, 1.165) is 22.4 Å². The number of ether oxygens (including phenoxy) is 1. The number of nitro benzene ring substituents is 1. The molecule has 5 aromatic rings. The molecule has 0 aliphatic heterocycles. The topological polar surface area (TPSA) is 105 Å². The number of hydrogen-bond donors (Lipinski definition) is 0. The molecule has 0 bridgehead atoms. The van der Waals surface area contributed by atoms with Crippen LogP contribution in [-0.2, 0) is 0 Å². The zero-order valence-electron chi connectivity index (χ0n) is 22.7. The Hall–Kier alpha value is -5.05. The van der Waals surface area contributed by atoms with Gasteiger partial charge in [-0.1, -0.05) is 32.0 Å². The van der Waals surface area contributed by atoms with Gasteiger partial charge in [-0.05, 0) is 73.4 Å². The molecular weight excluding hydrogens is 506 g/mol. The van der Waals surface area contributed by atoms with E-state index >= 15 is 0 Å². The molecule has 2 heterocycles. The van der Waals surface area contributed by atoms with Crippen LogP contribution in [0.3, 0.4) is 0 Å². The van der Waals surface area contributed by atoms with E-state index in [-0.39, 0.29) is 17.2 Å². The third-order valence-corrected chi connectivity index (χ3v) is 6.68. The summed E-state index contributed by atoms with van der Waals surface area (Å²) < 4.78 is 9.00. The minimum atomic E-state index is -0.433. The van der Waals surface area contributed by atoms with Crippen molar-refractivity contribution in [2.24, 2.45) is 5.10 Å². The second-order valence-corrected chi connectivity index (χ2v) is 9.69. The number of hydrogen-bond acceptors (Lipinski definition) is 6. The van der Waals surface area contributed by atoms with Crippen molar-refractivity contribution in [1.82, 2.24) is 14.2 Å². The number of para-hydroxylation sites is 1. The smallest absolute Gasteiger partial charge is 0.282 e. The first-order valence-corrected chi connectivity index (χ1v) is 13.0. The summed E-state index contributed by atoms with van der Waals surface area (Å²) >= 11 is 0. The lowest BCUT2D eigenvalue weighted by Gasteiger charge is -2.18. The standard InChI is InChI=1S/C31H29N5O4/c1-5-40-29-16-21(4)27(18-26(29)20(2)3)30-33-28-14-7-6-13-25(28)31(37)35(30)32-19-24-12-9-15-34(24)22-10-8-11-23(17-22)36(38)39/h6-20H,5H2,1-4H3. The van der Waals surface area contributed by atoms with Crippen LogP contribution in [0, 0.1) is 17.0 Å². The molecule has 202 valence electrons. The van der Waals surface area contributed by atoms with Gasteiger partial charge >= 0.3 is 0 Å². The summed E-state index contributed by atoms with van der Waals surface area (Å²) in [5.41, 5.74) is 4.20. The molecule has 0 atom stereocenters. The van der Waals surface area contributed by atoms with E-state index in [1.807, 2.05) is 50.2 Å². The third-order valence-electron chi connectivity index (χ3n) is 6.68. The van der Waals surface area contributed by atoms with Crippen LogP contribution < -0.4 is 10.3 Å². The molecule has 0 aliphatic carbocycles. The van der Waals surface area contributed by atoms with Crippen molar-refractivity contribution < 1.29 is 9.66 Å². The first-order valence-electron chi connectivity index (χ1n) is 13.0. The van der Waals surface area contributed by atoms with Gasteiger partial charge in [0.25, 0.3) is 11.2 Å². The van der Waals surface area contributed by atoms with Gasteiger partial charge in [0.05, 0.1) is 40.0 Å². The second-order valence-electron chi connectivity index (χ2n) is 9.69. The molecule has 3 aromatic carbocycles. The highest BCUT2D eigenvalue weighted by Crippen LogP contribution is 2.34. The zero-order chi connectivity index (χ0) is 28.4. The Balaban J connectivity index is 1.69. The number of non-ortho nitro benzene ring substituents is 1. The van der Waals surface area contributed by atoms with Gasteiger partial charge < -0.3 is 9.30 Å². The van der Waals surface area contributed by atoms with Crippen molar-refractivity contribution in [2.45, 2.75) is 33.6 Å². The van der Waals surface area contributed by atoms with Crippen molar-refractivity contribution in [3.05, 3.63) is 116 Å². The minimum absolute atomic E-state index is 0.0155. The number of aromatic nitrogens is 3. The predicted octanol–water partition coefficient (Wildman–Crippen LogP) is 6.48. The molecule has 0 saturated carbocycles. The lowest BCUT2D eigenvalue weighted by atomic mass is 9.96. The Labute approximate surface area is 231 Å². The van der Waals surface area contributed by atoms with Gasteiger partial charge in [0.15, 0.2) is 5.82 Å². The number of aryl methyl sites for hydroxylation is 1. The van der Waals surface area contributed by atoms with E-state index in [9.17, 15) is 14.9 Å². The highest BCUT2D eigenvalue weighted by Gasteiger charge is 2.19. The molecule has 0 radical (unpaired) electrons. The summed E-state index contributed by atoms with van der Waals surface area (Å²) in [7, 11) is 0. The quantitative estimate of drug-likeness (QED) is 0.129. The molecule has 0 spiro atoms. The molecule has 40 heavy (non-hydrogen) atoms. The van der Waals surface area contributed by atoms with E-state index in [2.05, 4.69) is 18.9 Å². The van der Waals surface area contributed by atoms with Crippen LogP contribution in [0.4, 0.5) is 5.69 Å². The molecule has 2 aromatic heterocycles. The molecule has 0 aliphatic rings. The predicted molar refractivity (Wildman–Crippen MR) is 157 cm³/mol. The van der Waals surface area contributed by atoms with Crippen molar-refractivity contribution in [1.29, 1.82) is 0 Å². The van der Waals surface area contributed by atoms with Gasteiger partial charge in [0.2, 0.25) is 0 Å². The summed E-state index contributed by atoms with van der Waals surface area (Å²) in [5.74, 6) is 1.41. The average Bonchev–Trinajstić information content (AvgIpc) is 3.41. The van der Waals surface area contributed by atoms with Crippen LogP contribution in [-0.4, -0.2) is 32.0 Å².